The predicted octanol–water partition coefficient (Wildman–Crippen LogP) is 5.10. The topological polar surface area (TPSA) is 103 Å². The molecule has 3 N–H and O–H groups in total. The molecule has 0 saturated carbocycles. The Morgan fingerprint density at radius 2 is 1.54 bits per heavy atom. The van der Waals surface area contributed by atoms with Gasteiger partial charge in [-0.15, -0.1) is 0 Å². The van der Waals surface area contributed by atoms with Crippen molar-refractivity contribution in [2.75, 3.05) is 48.8 Å². The first-order valence-electron chi connectivity index (χ1n) is 13.6. The van der Waals surface area contributed by atoms with Gasteiger partial charge in [0, 0.05) is 56.2 Å². The van der Waals surface area contributed by atoms with Crippen LogP contribution in [0.1, 0.15) is 36.2 Å². The number of carbonyl (C=O) groups is 3. The van der Waals surface area contributed by atoms with E-state index in [4.69, 9.17) is 4.74 Å². The Kier molecular flexibility index (Phi) is 9.78. The number of hydrogen-bond donors (Lipinski definition) is 3. The van der Waals surface area contributed by atoms with Crippen molar-refractivity contribution in [2.24, 2.45) is 5.92 Å². The molecule has 1 fully saturated rings. The zero-order chi connectivity index (χ0) is 29.4. The van der Waals surface area contributed by atoms with Gasteiger partial charge < -0.3 is 30.5 Å². The largest absolute Gasteiger partial charge is 0.497 e. The van der Waals surface area contributed by atoms with Crippen LogP contribution < -0.4 is 25.6 Å². The van der Waals surface area contributed by atoms with Crippen LogP contribution in [0.5, 0.6) is 5.75 Å². The number of amides is 4. The molecular formula is C31H36FN5O4. The second kappa shape index (κ2) is 13.6. The molecule has 10 heteroatoms. The van der Waals surface area contributed by atoms with E-state index in [1.807, 2.05) is 19.9 Å². The molecular weight excluding hydrogens is 525 g/mol. The number of nitrogens with one attached hydrogen (secondary N) is 3. The Bertz CT molecular complexity index is 1350. The Hall–Kier alpha value is -4.60. The SMILES string of the molecule is COc1ccc(NC(=O)N2CCN(c3ccc(NC(=O)CC(C)C)cc3C(=O)NCc3ccc(F)cc3)CC2)cc1. The van der Waals surface area contributed by atoms with Gasteiger partial charge in [-0.05, 0) is 66.1 Å². The van der Waals surface area contributed by atoms with E-state index in [9.17, 15) is 18.8 Å². The number of benzene rings is 3. The molecule has 1 aliphatic rings. The Morgan fingerprint density at radius 3 is 2.17 bits per heavy atom. The van der Waals surface area contributed by atoms with Crippen LogP contribution in [0.3, 0.4) is 0 Å². The van der Waals surface area contributed by atoms with Crippen molar-refractivity contribution in [3.05, 3.63) is 83.7 Å². The van der Waals surface area contributed by atoms with Gasteiger partial charge >= 0.3 is 6.03 Å². The monoisotopic (exact) mass is 561 g/mol. The lowest BCUT2D eigenvalue weighted by atomic mass is 10.1. The van der Waals surface area contributed by atoms with Gasteiger partial charge in [0.2, 0.25) is 5.91 Å². The number of rotatable bonds is 9. The maximum absolute atomic E-state index is 13.4. The van der Waals surface area contributed by atoms with Gasteiger partial charge in [0.1, 0.15) is 11.6 Å². The quantitative estimate of drug-likeness (QED) is 0.337. The van der Waals surface area contributed by atoms with E-state index in [0.717, 1.165) is 5.56 Å². The Labute approximate surface area is 239 Å². The van der Waals surface area contributed by atoms with Crippen LogP contribution in [0.15, 0.2) is 66.7 Å². The van der Waals surface area contributed by atoms with Crippen LogP contribution >= 0.6 is 0 Å². The van der Waals surface area contributed by atoms with Gasteiger partial charge in [0.15, 0.2) is 0 Å². The summed E-state index contributed by atoms with van der Waals surface area (Å²) in [6.45, 7) is 6.13. The standard InChI is InChI=1S/C31H36FN5O4/c1-21(2)18-29(38)34-25-10-13-28(27(19-25)30(39)33-20-22-4-6-23(32)7-5-22)36-14-16-37(17-15-36)31(40)35-24-8-11-26(41-3)12-9-24/h4-13,19,21H,14-18,20H2,1-3H3,(H,33,39)(H,34,38)(H,35,40). The van der Waals surface area contributed by atoms with Crippen molar-refractivity contribution >= 4 is 34.9 Å². The number of piperazine rings is 1. The molecule has 1 aliphatic heterocycles. The van der Waals surface area contributed by atoms with Crippen molar-refractivity contribution in [1.82, 2.24) is 10.2 Å². The molecule has 216 valence electrons. The minimum atomic E-state index is -0.343. The summed E-state index contributed by atoms with van der Waals surface area (Å²) in [7, 11) is 1.59. The summed E-state index contributed by atoms with van der Waals surface area (Å²) >= 11 is 0. The summed E-state index contributed by atoms with van der Waals surface area (Å²) in [5.74, 6) is 0.125. The first-order chi connectivity index (χ1) is 19.7. The minimum absolute atomic E-state index is 0.123. The zero-order valence-electron chi connectivity index (χ0n) is 23.6. The van der Waals surface area contributed by atoms with E-state index in [1.165, 1.54) is 12.1 Å². The number of halogens is 1. The molecule has 3 aromatic carbocycles. The van der Waals surface area contributed by atoms with Crippen molar-refractivity contribution in [3.63, 3.8) is 0 Å². The number of carbonyl (C=O) groups excluding carboxylic acids is 3. The van der Waals surface area contributed by atoms with Crippen molar-refractivity contribution in [3.8, 4) is 5.75 Å². The molecule has 9 nitrogen and oxygen atoms in total. The molecule has 4 amide bonds. The summed E-state index contributed by atoms with van der Waals surface area (Å²) in [4.78, 5) is 42.4. The number of urea groups is 1. The second-order valence-electron chi connectivity index (χ2n) is 10.3. The average Bonchev–Trinajstić information content (AvgIpc) is 2.96. The molecule has 0 unspecified atom stereocenters. The first kappa shape index (κ1) is 29.4. The lowest BCUT2D eigenvalue weighted by molar-refractivity contribution is -0.116. The third kappa shape index (κ3) is 8.20. The summed E-state index contributed by atoms with van der Waals surface area (Å²) in [6, 6.07) is 18.2. The lowest BCUT2D eigenvalue weighted by Gasteiger charge is -2.37. The molecule has 0 bridgehead atoms. The highest BCUT2D eigenvalue weighted by Gasteiger charge is 2.25. The number of ether oxygens (including phenoxy) is 1. The highest BCUT2D eigenvalue weighted by molar-refractivity contribution is 6.02. The molecule has 0 aromatic heterocycles. The first-order valence-corrected chi connectivity index (χ1v) is 13.6. The van der Waals surface area contributed by atoms with E-state index in [0.29, 0.717) is 61.0 Å². The summed E-state index contributed by atoms with van der Waals surface area (Å²) in [6.07, 6.45) is 0.369. The third-order valence-corrected chi connectivity index (χ3v) is 6.73. The summed E-state index contributed by atoms with van der Waals surface area (Å²) < 4.78 is 18.5. The van der Waals surface area contributed by atoms with Crippen LogP contribution in [0.2, 0.25) is 0 Å². The second-order valence-corrected chi connectivity index (χ2v) is 10.3. The zero-order valence-corrected chi connectivity index (χ0v) is 23.6. The fourth-order valence-corrected chi connectivity index (χ4v) is 4.56. The van der Waals surface area contributed by atoms with Gasteiger partial charge in [-0.25, -0.2) is 9.18 Å². The molecule has 41 heavy (non-hydrogen) atoms. The van der Waals surface area contributed by atoms with Crippen LogP contribution in [0, 0.1) is 11.7 Å². The Morgan fingerprint density at radius 1 is 0.878 bits per heavy atom. The average molecular weight is 562 g/mol. The molecule has 0 radical (unpaired) electrons. The van der Waals surface area contributed by atoms with Crippen molar-refractivity contribution in [2.45, 2.75) is 26.8 Å². The Balaban J connectivity index is 1.45. The fraction of sp³-hybridized carbons (Fsp3) is 0.323. The van der Waals surface area contributed by atoms with Crippen LogP contribution in [-0.2, 0) is 11.3 Å². The lowest BCUT2D eigenvalue weighted by Crippen LogP contribution is -2.50. The van der Waals surface area contributed by atoms with Crippen LogP contribution in [-0.4, -0.2) is 56.0 Å². The molecule has 4 rings (SSSR count). The van der Waals surface area contributed by atoms with E-state index in [2.05, 4.69) is 20.9 Å². The molecule has 1 saturated heterocycles. The predicted molar refractivity (Wildman–Crippen MR) is 158 cm³/mol. The molecule has 0 spiro atoms. The number of anilines is 3. The maximum Gasteiger partial charge on any atom is 0.321 e. The van der Waals surface area contributed by atoms with E-state index < -0.39 is 0 Å². The molecule has 0 atom stereocenters. The van der Waals surface area contributed by atoms with Gasteiger partial charge in [-0.3, -0.25) is 9.59 Å². The highest BCUT2D eigenvalue weighted by atomic mass is 19.1. The normalized spacial score (nSPS) is 13.1. The van der Waals surface area contributed by atoms with E-state index >= 15 is 0 Å². The summed E-state index contributed by atoms with van der Waals surface area (Å²) in [5.41, 5.74) is 3.08. The molecule has 1 heterocycles. The number of hydrogen-bond acceptors (Lipinski definition) is 5. The minimum Gasteiger partial charge on any atom is -0.497 e. The highest BCUT2D eigenvalue weighted by Crippen LogP contribution is 2.27. The van der Waals surface area contributed by atoms with Gasteiger partial charge in [-0.1, -0.05) is 26.0 Å². The van der Waals surface area contributed by atoms with Gasteiger partial charge in [0.05, 0.1) is 12.7 Å². The van der Waals surface area contributed by atoms with Crippen molar-refractivity contribution < 1.29 is 23.5 Å². The van der Waals surface area contributed by atoms with E-state index in [1.54, 1.807) is 60.5 Å². The number of methoxy groups -OCH3 is 1. The third-order valence-electron chi connectivity index (χ3n) is 6.73. The molecule has 3 aromatic rings. The van der Waals surface area contributed by atoms with E-state index in [-0.39, 0.29) is 36.1 Å². The molecule has 0 aliphatic carbocycles. The number of nitrogens with zero attached hydrogens (tertiary/aromatic N) is 2. The van der Waals surface area contributed by atoms with Gasteiger partial charge in [-0.2, -0.15) is 0 Å². The van der Waals surface area contributed by atoms with Crippen LogP contribution in [0.4, 0.5) is 26.2 Å². The van der Waals surface area contributed by atoms with Gasteiger partial charge in [0.25, 0.3) is 5.91 Å². The van der Waals surface area contributed by atoms with Crippen LogP contribution in [0.25, 0.3) is 0 Å². The van der Waals surface area contributed by atoms with Crippen molar-refractivity contribution in [1.29, 1.82) is 0 Å². The smallest absolute Gasteiger partial charge is 0.321 e. The maximum atomic E-state index is 13.4. The summed E-state index contributed by atoms with van der Waals surface area (Å²) in [5, 5.41) is 8.70. The fourth-order valence-electron chi connectivity index (χ4n) is 4.56.